The van der Waals surface area contributed by atoms with E-state index < -0.39 is 0 Å². The molecule has 34 heavy (non-hydrogen) atoms. The topological polar surface area (TPSA) is 59.5 Å². The molecule has 0 spiro atoms. The van der Waals surface area contributed by atoms with E-state index >= 15 is 0 Å². The van der Waals surface area contributed by atoms with E-state index in [1.54, 1.807) is 13.4 Å². The average molecular weight is 457 g/mol. The minimum Gasteiger partial charge on any atom is -0.497 e. The summed E-state index contributed by atoms with van der Waals surface area (Å²) in [6.07, 6.45) is 7.41. The fraction of sp³-hybridized carbons (Fsp3) is 0.429. The van der Waals surface area contributed by atoms with Crippen LogP contribution in [-0.4, -0.2) is 60.4 Å². The third kappa shape index (κ3) is 4.17. The third-order valence-electron chi connectivity index (χ3n) is 7.67. The highest BCUT2D eigenvalue weighted by Gasteiger charge is 2.29. The Morgan fingerprint density at radius 2 is 1.79 bits per heavy atom. The van der Waals surface area contributed by atoms with Crippen molar-refractivity contribution >= 4 is 5.82 Å². The molecule has 6 heteroatoms. The van der Waals surface area contributed by atoms with Crippen LogP contribution in [0.2, 0.25) is 0 Å². The van der Waals surface area contributed by atoms with Gasteiger partial charge in [0.15, 0.2) is 0 Å². The summed E-state index contributed by atoms with van der Waals surface area (Å²) in [6.45, 7) is 3.91. The van der Waals surface area contributed by atoms with Crippen LogP contribution in [0, 0.1) is 0 Å². The quantitative estimate of drug-likeness (QED) is 0.466. The zero-order valence-corrected chi connectivity index (χ0v) is 19.8. The van der Waals surface area contributed by atoms with Crippen LogP contribution in [-0.2, 0) is 11.2 Å². The molecule has 1 aliphatic heterocycles. The fourth-order valence-electron chi connectivity index (χ4n) is 5.80. The maximum absolute atomic E-state index is 5.54. The number of rotatable bonds is 5. The number of ether oxygens (including phenoxy) is 2. The molecule has 0 unspecified atom stereocenters. The van der Waals surface area contributed by atoms with Crippen molar-refractivity contribution in [3.05, 3.63) is 60.0 Å². The molecule has 3 aromatic rings. The minimum atomic E-state index is 0.460. The van der Waals surface area contributed by atoms with Crippen LogP contribution in [0.4, 0.5) is 5.82 Å². The molecule has 0 amide bonds. The lowest BCUT2D eigenvalue weighted by molar-refractivity contribution is 0.00791. The number of hydrogen-bond acceptors (Lipinski definition) is 6. The molecule has 2 heterocycles. The van der Waals surface area contributed by atoms with E-state index in [1.807, 2.05) is 12.1 Å². The second kappa shape index (κ2) is 9.35. The number of fused-ring (bicyclic) bond motifs is 3. The summed E-state index contributed by atoms with van der Waals surface area (Å²) in [5.74, 6) is 1.86. The van der Waals surface area contributed by atoms with E-state index in [-0.39, 0.29) is 0 Å². The SMILES string of the molecule is COc1cccc(-c2ccc3c(c2)-c2c(ncnc2NC2CCC(N4CCOCC4)CC2)C3)c1. The van der Waals surface area contributed by atoms with Gasteiger partial charge in [-0.05, 0) is 66.1 Å². The molecule has 1 aromatic heterocycles. The maximum Gasteiger partial charge on any atom is 0.137 e. The van der Waals surface area contributed by atoms with Gasteiger partial charge in [0.2, 0.25) is 0 Å². The molecule has 0 radical (unpaired) electrons. The highest BCUT2D eigenvalue weighted by Crippen LogP contribution is 2.42. The Morgan fingerprint density at radius 3 is 2.62 bits per heavy atom. The summed E-state index contributed by atoms with van der Waals surface area (Å²) < 4.78 is 11.0. The van der Waals surface area contributed by atoms with Gasteiger partial charge in [-0.1, -0.05) is 24.3 Å². The molecule has 1 saturated heterocycles. The number of hydrogen-bond donors (Lipinski definition) is 1. The van der Waals surface area contributed by atoms with E-state index in [1.165, 1.54) is 47.9 Å². The van der Waals surface area contributed by atoms with Crippen LogP contribution >= 0.6 is 0 Å². The summed E-state index contributed by atoms with van der Waals surface area (Å²) in [5.41, 5.74) is 7.21. The van der Waals surface area contributed by atoms with Gasteiger partial charge in [0.25, 0.3) is 0 Å². The van der Waals surface area contributed by atoms with E-state index in [4.69, 9.17) is 14.5 Å². The number of benzene rings is 2. The molecule has 1 saturated carbocycles. The van der Waals surface area contributed by atoms with Crippen LogP contribution in [0.3, 0.4) is 0 Å². The number of methoxy groups -OCH3 is 1. The van der Waals surface area contributed by atoms with Crippen molar-refractivity contribution in [2.75, 3.05) is 38.7 Å². The first-order chi connectivity index (χ1) is 16.8. The van der Waals surface area contributed by atoms with E-state index in [0.717, 1.165) is 55.5 Å². The van der Waals surface area contributed by atoms with Crippen LogP contribution in [0.15, 0.2) is 48.8 Å². The minimum absolute atomic E-state index is 0.460. The second-order valence-electron chi connectivity index (χ2n) is 9.62. The molecule has 2 aliphatic carbocycles. The molecule has 2 aromatic carbocycles. The van der Waals surface area contributed by atoms with E-state index in [2.05, 4.69) is 45.5 Å². The van der Waals surface area contributed by atoms with Gasteiger partial charge in [-0.2, -0.15) is 0 Å². The lowest BCUT2D eigenvalue weighted by Crippen LogP contribution is -2.46. The van der Waals surface area contributed by atoms with Crippen molar-refractivity contribution < 1.29 is 9.47 Å². The summed E-state index contributed by atoms with van der Waals surface area (Å²) in [5, 5.41) is 3.81. The Hall–Kier alpha value is -2.96. The van der Waals surface area contributed by atoms with Gasteiger partial charge in [-0.15, -0.1) is 0 Å². The Balaban J connectivity index is 1.22. The predicted octanol–water partition coefficient (Wildman–Crippen LogP) is 4.78. The summed E-state index contributed by atoms with van der Waals surface area (Å²) in [6, 6.07) is 16.1. The second-order valence-corrected chi connectivity index (χ2v) is 9.62. The van der Waals surface area contributed by atoms with Crippen molar-refractivity contribution in [3.8, 4) is 28.0 Å². The standard InChI is InChI=1S/C28H32N4O2/c1-33-24-4-2-3-19(15-24)20-5-6-21-17-26-27(25(21)16-20)28(30-18-29-26)31-22-7-9-23(10-8-22)32-11-13-34-14-12-32/h2-6,15-16,18,22-23H,7-14,17H2,1H3,(H,29,30,31). The van der Waals surface area contributed by atoms with Crippen LogP contribution < -0.4 is 10.1 Å². The largest absolute Gasteiger partial charge is 0.497 e. The fourth-order valence-corrected chi connectivity index (χ4v) is 5.80. The van der Waals surface area contributed by atoms with Gasteiger partial charge >= 0.3 is 0 Å². The number of aromatic nitrogens is 2. The lowest BCUT2D eigenvalue weighted by atomic mass is 9.89. The van der Waals surface area contributed by atoms with Crippen molar-refractivity contribution in [2.24, 2.45) is 0 Å². The lowest BCUT2D eigenvalue weighted by Gasteiger charge is -2.39. The van der Waals surface area contributed by atoms with Crippen molar-refractivity contribution in [2.45, 2.75) is 44.2 Å². The molecule has 2 fully saturated rings. The van der Waals surface area contributed by atoms with Gasteiger partial charge in [-0.25, -0.2) is 9.97 Å². The maximum atomic E-state index is 5.54. The Bertz CT molecular complexity index is 1170. The highest BCUT2D eigenvalue weighted by atomic mass is 16.5. The Kier molecular flexibility index (Phi) is 5.93. The average Bonchev–Trinajstić information content (AvgIpc) is 3.28. The van der Waals surface area contributed by atoms with Crippen molar-refractivity contribution in [3.63, 3.8) is 0 Å². The molecule has 3 aliphatic rings. The van der Waals surface area contributed by atoms with E-state index in [0.29, 0.717) is 12.1 Å². The zero-order chi connectivity index (χ0) is 22.9. The summed E-state index contributed by atoms with van der Waals surface area (Å²) >= 11 is 0. The molecular formula is C28H32N4O2. The summed E-state index contributed by atoms with van der Waals surface area (Å²) in [7, 11) is 1.71. The van der Waals surface area contributed by atoms with Gasteiger partial charge in [0.05, 0.1) is 26.0 Å². The normalized spacial score (nSPS) is 22.1. The first-order valence-corrected chi connectivity index (χ1v) is 12.5. The number of morpholine rings is 1. The van der Waals surface area contributed by atoms with Crippen LogP contribution in [0.1, 0.15) is 36.9 Å². The Labute approximate surface area is 201 Å². The van der Waals surface area contributed by atoms with E-state index in [9.17, 15) is 0 Å². The molecule has 1 N–H and O–H groups in total. The molecular weight excluding hydrogens is 424 g/mol. The van der Waals surface area contributed by atoms with Crippen LogP contribution in [0.5, 0.6) is 5.75 Å². The Morgan fingerprint density at radius 1 is 0.971 bits per heavy atom. The first kappa shape index (κ1) is 21.6. The van der Waals surface area contributed by atoms with Crippen molar-refractivity contribution in [1.82, 2.24) is 14.9 Å². The molecule has 176 valence electrons. The summed E-state index contributed by atoms with van der Waals surface area (Å²) in [4.78, 5) is 12.0. The number of nitrogens with one attached hydrogen (secondary N) is 1. The number of anilines is 1. The highest BCUT2D eigenvalue weighted by molar-refractivity contribution is 5.86. The number of nitrogens with zero attached hydrogens (tertiary/aromatic N) is 3. The monoisotopic (exact) mass is 456 g/mol. The van der Waals surface area contributed by atoms with Gasteiger partial charge in [0.1, 0.15) is 17.9 Å². The van der Waals surface area contributed by atoms with Gasteiger partial charge in [0, 0.05) is 37.2 Å². The van der Waals surface area contributed by atoms with Crippen molar-refractivity contribution in [1.29, 1.82) is 0 Å². The third-order valence-corrected chi connectivity index (χ3v) is 7.67. The van der Waals surface area contributed by atoms with Gasteiger partial charge in [-0.3, -0.25) is 4.90 Å². The zero-order valence-electron chi connectivity index (χ0n) is 19.8. The molecule has 6 rings (SSSR count). The molecule has 0 bridgehead atoms. The van der Waals surface area contributed by atoms with Gasteiger partial charge < -0.3 is 14.8 Å². The smallest absolute Gasteiger partial charge is 0.137 e. The molecule has 0 atom stereocenters. The van der Waals surface area contributed by atoms with Crippen LogP contribution in [0.25, 0.3) is 22.3 Å². The molecule has 6 nitrogen and oxygen atoms in total. The first-order valence-electron chi connectivity index (χ1n) is 12.5. The predicted molar refractivity (Wildman–Crippen MR) is 134 cm³/mol.